The average Bonchev–Trinajstić information content (AvgIpc) is 2.90. The van der Waals surface area contributed by atoms with Gasteiger partial charge in [0.1, 0.15) is 16.7 Å². The maximum atomic E-state index is 13.7. The van der Waals surface area contributed by atoms with Crippen molar-refractivity contribution in [1.82, 2.24) is 9.21 Å². The average molecular weight is 553 g/mol. The Kier molecular flexibility index (Phi) is 8.76. The van der Waals surface area contributed by atoms with Gasteiger partial charge >= 0.3 is 5.97 Å². The molecule has 0 saturated heterocycles. The molecule has 0 radical (unpaired) electrons. The Hall–Kier alpha value is -3.24. The highest BCUT2D eigenvalue weighted by Crippen LogP contribution is 2.36. The lowest BCUT2D eigenvalue weighted by Crippen LogP contribution is -2.49. The van der Waals surface area contributed by atoms with E-state index in [1.165, 1.54) is 4.31 Å². The van der Waals surface area contributed by atoms with E-state index in [-0.39, 0.29) is 35.6 Å². The van der Waals surface area contributed by atoms with E-state index < -0.39 is 22.0 Å². The van der Waals surface area contributed by atoms with Crippen LogP contribution in [0.5, 0.6) is 5.75 Å². The quantitative estimate of drug-likeness (QED) is 0.430. The van der Waals surface area contributed by atoms with Crippen molar-refractivity contribution in [2.75, 3.05) is 26.7 Å². The lowest BCUT2D eigenvalue weighted by molar-refractivity contribution is 0.0697. The third-order valence-electron chi connectivity index (χ3n) is 7.20. The van der Waals surface area contributed by atoms with Crippen LogP contribution in [0.4, 0.5) is 0 Å². The summed E-state index contributed by atoms with van der Waals surface area (Å²) in [5, 5.41) is 19.0. The SMILES string of the molecule is Cc1ccc(-c2ccc3c(c2)O[C@H](CN(C)Cc2ccc(C(=O)O)cc2)[C@H](C)CN([C@@H](C)CO)S3(=O)=O)cc1. The third-order valence-corrected chi connectivity index (χ3v) is 9.22. The zero-order valence-corrected chi connectivity index (χ0v) is 23.6. The minimum absolute atomic E-state index is 0.0856. The lowest BCUT2D eigenvalue weighted by atomic mass is 10.0. The molecule has 3 atom stereocenters. The largest absolute Gasteiger partial charge is 0.487 e. The smallest absolute Gasteiger partial charge is 0.335 e. The van der Waals surface area contributed by atoms with E-state index in [9.17, 15) is 18.3 Å². The Labute approximate surface area is 230 Å². The second-order valence-electron chi connectivity index (χ2n) is 10.5. The molecule has 0 amide bonds. The summed E-state index contributed by atoms with van der Waals surface area (Å²) < 4.78 is 35.4. The molecule has 0 unspecified atom stereocenters. The molecular weight excluding hydrogens is 516 g/mol. The number of hydrogen-bond acceptors (Lipinski definition) is 6. The molecule has 0 fully saturated rings. The van der Waals surface area contributed by atoms with Crippen molar-refractivity contribution in [3.63, 3.8) is 0 Å². The van der Waals surface area contributed by atoms with Gasteiger partial charge in [0.15, 0.2) is 0 Å². The number of sulfonamides is 1. The first kappa shape index (κ1) is 28.8. The summed E-state index contributed by atoms with van der Waals surface area (Å²) in [4.78, 5) is 13.3. The fraction of sp³-hybridized carbons (Fsp3) is 0.367. The van der Waals surface area contributed by atoms with Crippen LogP contribution >= 0.6 is 0 Å². The van der Waals surface area contributed by atoms with Gasteiger partial charge in [0.2, 0.25) is 10.0 Å². The molecule has 1 aliphatic rings. The summed E-state index contributed by atoms with van der Waals surface area (Å²) in [5.74, 6) is -0.854. The first-order valence-electron chi connectivity index (χ1n) is 13.0. The number of fused-ring (bicyclic) bond motifs is 1. The number of hydrogen-bond donors (Lipinski definition) is 2. The first-order valence-corrected chi connectivity index (χ1v) is 14.4. The van der Waals surface area contributed by atoms with Crippen molar-refractivity contribution in [2.45, 2.75) is 44.4 Å². The number of likely N-dealkylation sites (N-methyl/N-ethyl adjacent to an activating group) is 1. The molecule has 8 nitrogen and oxygen atoms in total. The standard InChI is InChI=1S/C30H36N2O6S/c1-20-5-9-24(10-6-20)26-13-14-29-27(15-26)38-28(21(2)16-32(22(3)19-33)39(29,36)37)18-31(4)17-23-7-11-25(12-8-23)30(34)35/h5-15,21-22,28,33H,16-19H2,1-4H3,(H,34,35)/t21-,22+,28-/m1/s1. The molecule has 3 aromatic carbocycles. The normalized spacial score (nSPS) is 19.9. The summed E-state index contributed by atoms with van der Waals surface area (Å²) in [6.07, 6.45) is -0.343. The van der Waals surface area contributed by atoms with Crippen LogP contribution in [0.15, 0.2) is 71.6 Å². The molecule has 3 aromatic rings. The van der Waals surface area contributed by atoms with Crippen molar-refractivity contribution < 1.29 is 28.2 Å². The fourth-order valence-electron chi connectivity index (χ4n) is 4.81. The fourth-order valence-corrected chi connectivity index (χ4v) is 6.63. The number of aromatic carboxylic acids is 1. The Morgan fingerprint density at radius 3 is 2.33 bits per heavy atom. The van der Waals surface area contributed by atoms with Gasteiger partial charge < -0.3 is 14.9 Å². The zero-order valence-electron chi connectivity index (χ0n) is 22.7. The number of carboxylic acids is 1. The predicted octanol–water partition coefficient (Wildman–Crippen LogP) is 4.26. The van der Waals surface area contributed by atoms with Gasteiger partial charge in [0.25, 0.3) is 0 Å². The minimum Gasteiger partial charge on any atom is -0.487 e. The number of carbonyl (C=O) groups is 1. The van der Waals surface area contributed by atoms with Gasteiger partial charge in [-0.1, -0.05) is 55.0 Å². The van der Waals surface area contributed by atoms with Gasteiger partial charge in [0.05, 0.1) is 12.2 Å². The number of ether oxygens (including phenoxy) is 1. The lowest BCUT2D eigenvalue weighted by Gasteiger charge is -2.37. The van der Waals surface area contributed by atoms with Crippen LogP contribution in [-0.4, -0.2) is 72.7 Å². The first-order chi connectivity index (χ1) is 18.5. The summed E-state index contributed by atoms with van der Waals surface area (Å²) in [7, 11) is -1.96. The zero-order chi connectivity index (χ0) is 28.3. The van der Waals surface area contributed by atoms with Crippen molar-refractivity contribution in [3.8, 4) is 16.9 Å². The number of aryl methyl sites for hydroxylation is 1. The molecule has 39 heavy (non-hydrogen) atoms. The molecule has 1 aliphatic heterocycles. The summed E-state index contributed by atoms with van der Waals surface area (Å²) in [6.45, 7) is 6.67. The second kappa shape index (κ2) is 11.9. The van der Waals surface area contributed by atoms with Crippen molar-refractivity contribution >= 4 is 16.0 Å². The van der Waals surface area contributed by atoms with Gasteiger partial charge in [0, 0.05) is 31.6 Å². The summed E-state index contributed by atoms with van der Waals surface area (Å²) >= 11 is 0. The molecule has 0 aliphatic carbocycles. The van der Waals surface area contributed by atoms with E-state index in [0.717, 1.165) is 22.3 Å². The molecule has 9 heteroatoms. The molecule has 208 valence electrons. The van der Waals surface area contributed by atoms with Crippen LogP contribution in [0.2, 0.25) is 0 Å². The number of nitrogens with zero attached hydrogens (tertiary/aromatic N) is 2. The van der Waals surface area contributed by atoms with Gasteiger partial charge in [-0.05, 0) is 61.9 Å². The van der Waals surface area contributed by atoms with E-state index in [2.05, 4.69) is 4.90 Å². The third kappa shape index (κ3) is 6.50. The van der Waals surface area contributed by atoms with Gasteiger partial charge in [-0.2, -0.15) is 4.31 Å². The number of benzene rings is 3. The van der Waals surface area contributed by atoms with E-state index in [1.54, 1.807) is 49.4 Å². The van der Waals surface area contributed by atoms with Crippen molar-refractivity contribution in [1.29, 1.82) is 0 Å². The highest BCUT2D eigenvalue weighted by molar-refractivity contribution is 7.89. The Balaban J connectivity index is 1.67. The van der Waals surface area contributed by atoms with Gasteiger partial charge in [-0.15, -0.1) is 0 Å². The second-order valence-corrected chi connectivity index (χ2v) is 12.3. The van der Waals surface area contributed by atoms with Gasteiger partial charge in [-0.3, -0.25) is 4.90 Å². The van der Waals surface area contributed by atoms with E-state index in [1.807, 2.05) is 45.2 Å². The Bertz CT molecular complexity index is 1410. The van der Waals surface area contributed by atoms with Crippen LogP contribution in [0.1, 0.15) is 35.3 Å². The number of rotatable bonds is 8. The molecule has 0 saturated carbocycles. The highest BCUT2D eigenvalue weighted by atomic mass is 32.2. The Morgan fingerprint density at radius 2 is 1.72 bits per heavy atom. The minimum atomic E-state index is -3.92. The van der Waals surface area contributed by atoms with E-state index in [4.69, 9.17) is 9.84 Å². The van der Waals surface area contributed by atoms with Crippen molar-refractivity contribution in [2.24, 2.45) is 5.92 Å². The van der Waals surface area contributed by atoms with Crippen LogP contribution in [0, 0.1) is 12.8 Å². The molecule has 2 N–H and O–H groups in total. The van der Waals surface area contributed by atoms with E-state index in [0.29, 0.717) is 18.8 Å². The topological polar surface area (TPSA) is 107 Å². The number of carboxylic acid groups (broad SMARTS) is 1. The highest BCUT2D eigenvalue weighted by Gasteiger charge is 2.38. The van der Waals surface area contributed by atoms with Crippen LogP contribution in [0.3, 0.4) is 0 Å². The van der Waals surface area contributed by atoms with Crippen LogP contribution < -0.4 is 4.74 Å². The van der Waals surface area contributed by atoms with Crippen LogP contribution in [-0.2, 0) is 16.6 Å². The van der Waals surface area contributed by atoms with Crippen LogP contribution in [0.25, 0.3) is 11.1 Å². The maximum Gasteiger partial charge on any atom is 0.335 e. The summed E-state index contributed by atoms with van der Waals surface area (Å²) in [5.41, 5.74) is 4.13. The Morgan fingerprint density at radius 1 is 1.08 bits per heavy atom. The summed E-state index contributed by atoms with van der Waals surface area (Å²) in [6, 6.07) is 19.4. The molecule has 1 heterocycles. The monoisotopic (exact) mass is 552 g/mol. The van der Waals surface area contributed by atoms with Gasteiger partial charge in [-0.25, -0.2) is 13.2 Å². The predicted molar refractivity (Wildman–Crippen MR) is 150 cm³/mol. The molecule has 4 rings (SSSR count). The number of aliphatic hydroxyl groups excluding tert-OH is 1. The maximum absolute atomic E-state index is 13.7. The molecular formula is C30H36N2O6S. The molecule has 0 spiro atoms. The molecule has 0 bridgehead atoms. The van der Waals surface area contributed by atoms with Crippen molar-refractivity contribution in [3.05, 3.63) is 83.4 Å². The van der Waals surface area contributed by atoms with E-state index >= 15 is 0 Å². The number of aliphatic hydroxyl groups is 1. The molecule has 0 aromatic heterocycles.